The highest BCUT2D eigenvalue weighted by Crippen LogP contribution is 2.28. The molecular weight excluding hydrogens is 476 g/mol. The molecule has 0 aliphatic heterocycles. The Morgan fingerprint density at radius 2 is 1.43 bits per heavy atom. The molecule has 1 heterocycles. The minimum Gasteiger partial charge on any atom is -0.362 e. The molecule has 0 spiro atoms. The molecule has 204 valence electrons. The molecule has 3 N–H and O–H groups in total. The van der Waals surface area contributed by atoms with Crippen molar-refractivity contribution in [2.75, 3.05) is 30.9 Å². The Kier molecular flexibility index (Phi) is 11.1. The Labute approximate surface area is 229 Å². The SMILES string of the molecule is CN(C)c1nc(N[C@H]2CC[C@@H](CNC(=S)NC3CCCCCCCCCCC3)CC2)nc2ccccc12. The van der Waals surface area contributed by atoms with E-state index in [0.29, 0.717) is 18.0 Å². The van der Waals surface area contributed by atoms with Crippen LogP contribution < -0.4 is 20.9 Å². The van der Waals surface area contributed by atoms with Crippen molar-refractivity contribution in [2.24, 2.45) is 5.92 Å². The van der Waals surface area contributed by atoms with E-state index in [9.17, 15) is 0 Å². The van der Waals surface area contributed by atoms with Gasteiger partial charge in [-0.15, -0.1) is 0 Å². The average Bonchev–Trinajstić information content (AvgIpc) is 2.89. The molecule has 2 aliphatic rings. The Balaban J connectivity index is 1.19. The second kappa shape index (κ2) is 14.7. The summed E-state index contributed by atoms with van der Waals surface area (Å²) in [5, 5.41) is 12.8. The highest BCUT2D eigenvalue weighted by molar-refractivity contribution is 7.80. The van der Waals surface area contributed by atoms with Crippen molar-refractivity contribution in [3.63, 3.8) is 0 Å². The predicted octanol–water partition coefficient (Wildman–Crippen LogP) is 6.80. The molecule has 0 bridgehead atoms. The van der Waals surface area contributed by atoms with E-state index >= 15 is 0 Å². The molecule has 2 saturated carbocycles. The van der Waals surface area contributed by atoms with Crippen LogP contribution in [0.1, 0.15) is 96.3 Å². The molecule has 2 aromatic rings. The van der Waals surface area contributed by atoms with E-state index < -0.39 is 0 Å². The first-order valence-electron chi connectivity index (χ1n) is 14.8. The molecule has 2 aliphatic carbocycles. The van der Waals surface area contributed by atoms with Gasteiger partial charge in [-0.05, 0) is 68.8 Å². The Morgan fingerprint density at radius 1 is 0.811 bits per heavy atom. The molecule has 0 atom stereocenters. The molecule has 0 unspecified atom stereocenters. The predicted molar refractivity (Wildman–Crippen MR) is 162 cm³/mol. The van der Waals surface area contributed by atoms with Crippen molar-refractivity contribution in [3.05, 3.63) is 24.3 Å². The Hall–Kier alpha value is -2.15. The fraction of sp³-hybridized carbons (Fsp3) is 0.700. The third-order valence-electron chi connectivity index (χ3n) is 8.18. The largest absolute Gasteiger partial charge is 0.362 e. The summed E-state index contributed by atoms with van der Waals surface area (Å²) in [7, 11) is 4.08. The maximum absolute atomic E-state index is 5.72. The molecule has 4 rings (SSSR count). The number of rotatable bonds is 6. The number of para-hydroxylation sites is 1. The maximum Gasteiger partial charge on any atom is 0.225 e. The van der Waals surface area contributed by atoms with Crippen molar-refractivity contribution < 1.29 is 0 Å². The van der Waals surface area contributed by atoms with Gasteiger partial charge in [-0.25, -0.2) is 4.98 Å². The van der Waals surface area contributed by atoms with Gasteiger partial charge in [-0.1, -0.05) is 69.9 Å². The first kappa shape index (κ1) is 27.9. The summed E-state index contributed by atoms with van der Waals surface area (Å²) >= 11 is 5.72. The molecular formula is C30H48N6S. The van der Waals surface area contributed by atoms with Crippen LogP contribution in [0.25, 0.3) is 10.9 Å². The van der Waals surface area contributed by atoms with E-state index in [-0.39, 0.29) is 0 Å². The Morgan fingerprint density at radius 3 is 2.08 bits per heavy atom. The molecule has 7 heteroatoms. The normalized spacial score (nSPS) is 22.4. The number of hydrogen-bond donors (Lipinski definition) is 3. The van der Waals surface area contributed by atoms with Crippen LogP contribution in [0, 0.1) is 5.92 Å². The molecule has 37 heavy (non-hydrogen) atoms. The lowest BCUT2D eigenvalue weighted by atomic mass is 9.86. The molecule has 6 nitrogen and oxygen atoms in total. The number of nitrogens with zero attached hydrogens (tertiary/aromatic N) is 3. The zero-order chi connectivity index (χ0) is 25.9. The highest BCUT2D eigenvalue weighted by Gasteiger charge is 2.23. The summed E-state index contributed by atoms with van der Waals surface area (Å²) in [5.41, 5.74) is 0.990. The van der Waals surface area contributed by atoms with Crippen LogP contribution in [-0.4, -0.2) is 47.8 Å². The van der Waals surface area contributed by atoms with Gasteiger partial charge < -0.3 is 20.9 Å². The number of fused-ring (bicyclic) bond motifs is 1. The third kappa shape index (κ3) is 8.98. The van der Waals surface area contributed by atoms with E-state index in [0.717, 1.165) is 47.2 Å². The van der Waals surface area contributed by atoms with Crippen LogP contribution in [0.4, 0.5) is 11.8 Å². The Bertz CT molecular complexity index is 960. The smallest absolute Gasteiger partial charge is 0.225 e. The molecule has 0 amide bonds. The van der Waals surface area contributed by atoms with Crippen LogP contribution in [0.15, 0.2) is 24.3 Å². The van der Waals surface area contributed by atoms with E-state index in [1.807, 2.05) is 26.2 Å². The lowest BCUT2D eigenvalue weighted by Crippen LogP contribution is -2.44. The van der Waals surface area contributed by atoms with Gasteiger partial charge in [0, 0.05) is 38.1 Å². The third-order valence-corrected chi connectivity index (χ3v) is 8.44. The lowest BCUT2D eigenvalue weighted by Gasteiger charge is -2.30. The number of thiocarbonyl (C=S) groups is 1. The summed E-state index contributed by atoms with van der Waals surface area (Å²) in [6.07, 6.45) is 19.7. The van der Waals surface area contributed by atoms with Gasteiger partial charge in [0.25, 0.3) is 0 Å². The summed E-state index contributed by atoms with van der Waals surface area (Å²) in [5.74, 6) is 2.38. The van der Waals surface area contributed by atoms with Crippen LogP contribution in [0.2, 0.25) is 0 Å². The molecule has 0 radical (unpaired) electrons. The van der Waals surface area contributed by atoms with Gasteiger partial charge in [0.05, 0.1) is 5.52 Å². The zero-order valence-corrected chi connectivity index (χ0v) is 23.9. The standard InChI is InChI=1S/C30H48N6S/c1-36(2)28-26-16-12-13-17-27(26)34-29(35-28)32-25-20-18-23(19-21-25)22-31-30(37)33-24-14-10-8-6-4-3-5-7-9-11-15-24/h12-13,16-17,23-25H,3-11,14-15,18-22H2,1-2H3,(H2,31,33,37)(H,32,34,35)/t23-,25+. The van der Waals surface area contributed by atoms with Crippen LogP contribution >= 0.6 is 12.2 Å². The first-order chi connectivity index (χ1) is 18.1. The number of hydrogen-bond acceptors (Lipinski definition) is 5. The van der Waals surface area contributed by atoms with Crippen LogP contribution in [0.5, 0.6) is 0 Å². The fourth-order valence-corrected chi connectivity index (χ4v) is 6.19. The number of nitrogens with one attached hydrogen (secondary N) is 3. The lowest BCUT2D eigenvalue weighted by molar-refractivity contribution is 0.335. The minimum absolute atomic E-state index is 0.425. The van der Waals surface area contributed by atoms with E-state index in [4.69, 9.17) is 22.2 Å². The summed E-state index contributed by atoms with van der Waals surface area (Å²) in [4.78, 5) is 11.7. The topological polar surface area (TPSA) is 65.1 Å². The molecule has 0 saturated heterocycles. The van der Waals surface area contributed by atoms with Crippen LogP contribution in [0.3, 0.4) is 0 Å². The van der Waals surface area contributed by atoms with Gasteiger partial charge in [-0.2, -0.15) is 4.98 Å². The van der Waals surface area contributed by atoms with Gasteiger partial charge in [0.1, 0.15) is 5.82 Å². The summed E-state index contributed by atoms with van der Waals surface area (Å²) in [6.45, 7) is 0.975. The minimum atomic E-state index is 0.425. The summed E-state index contributed by atoms with van der Waals surface area (Å²) < 4.78 is 0. The zero-order valence-electron chi connectivity index (χ0n) is 23.1. The van der Waals surface area contributed by atoms with E-state index in [1.54, 1.807) is 0 Å². The molecule has 2 fully saturated rings. The van der Waals surface area contributed by atoms with Gasteiger partial charge in [0.15, 0.2) is 5.11 Å². The molecule has 1 aromatic carbocycles. The fourth-order valence-electron chi connectivity index (χ4n) is 5.94. The van der Waals surface area contributed by atoms with Gasteiger partial charge >= 0.3 is 0 Å². The van der Waals surface area contributed by atoms with E-state index in [2.05, 4.69) is 33.0 Å². The van der Waals surface area contributed by atoms with Crippen molar-refractivity contribution in [3.8, 4) is 0 Å². The quantitative estimate of drug-likeness (QED) is 0.359. The molecule has 1 aromatic heterocycles. The number of aromatic nitrogens is 2. The number of benzene rings is 1. The van der Waals surface area contributed by atoms with E-state index in [1.165, 1.54) is 83.5 Å². The summed E-state index contributed by atoms with van der Waals surface area (Å²) in [6, 6.07) is 9.20. The first-order valence-corrected chi connectivity index (χ1v) is 15.2. The van der Waals surface area contributed by atoms with Gasteiger partial charge in [-0.3, -0.25) is 0 Å². The highest BCUT2D eigenvalue weighted by atomic mass is 32.1. The van der Waals surface area contributed by atoms with Crippen molar-refractivity contribution in [1.29, 1.82) is 0 Å². The number of anilines is 2. The second-order valence-corrected chi connectivity index (χ2v) is 11.9. The van der Waals surface area contributed by atoms with Crippen molar-refractivity contribution in [2.45, 2.75) is 108 Å². The maximum atomic E-state index is 5.72. The second-order valence-electron chi connectivity index (χ2n) is 11.5. The monoisotopic (exact) mass is 524 g/mol. The average molecular weight is 525 g/mol. The van der Waals surface area contributed by atoms with Crippen molar-refractivity contribution in [1.82, 2.24) is 20.6 Å². The van der Waals surface area contributed by atoms with Crippen LogP contribution in [-0.2, 0) is 0 Å². The van der Waals surface area contributed by atoms with Gasteiger partial charge in [0.2, 0.25) is 5.95 Å². The van der Waals surface area contributed by atoms with Crippen molar-refractivity contribution >= 4 is 40.0 Å².